The van der Waals surface area contributed by atoms with Gasteiger partial charge in [-0.1, -0.05) is 37.9 Å². The SMILES string of the molecule is CC(C)c1c(C(=O)NC2CCCC2CN)cnn1-c1cccc(Cl)c1.Cl. The van der Waals surface area contributed by atoms with Crippen LogP contribution in [0, 0.1) is 5.92 Å². The van der Waals surface area contributed by atoms with Crippen molar-refractivity contribution in [2.45, 2.75) is 45.1 Å². The summed E-state index contributed by atoms with van der Waals surface area (Å²) >= 11 is 6.11. The van der Waals surface area contributed by atoms with Gasteiger partial charge in [-0.25, -0.2) is 4.68 Å². The number of nitrogens with zero attached hydrogens (tertiary/aromatic N) is 2. The van der Waals surface area contributed by atoms with Crippen molar-refractivity contribution in [2.24, 2.45) is 11.7 Å². The maximum Gasteiger partial charge on any atom is 0.255 e. The van der Waals surface area contributed by atoms with Crippen molar-refractivity contribution in [3.8, 4) is 5.69 Å². The minimum atomic E-state index is -0.0673. The molecule has 0 saturated heterocycles. The number of benzene rings is 1. The van der Waals surface area contributed by atoms with Crippen LogP contribution in [0.15, 0.2) is 30.5 Å². The van der Waals surface area contributed by atoms with Crippen LogP contribution >= 0.6 is 24.0 Å². The Morgan fingerprint density at radius 2 is 2.19 bits per heavy atom. The number of halogens is 2. The van der Waals surface area contributed by atoms with Gasteiger partial charge in [0.25, 0.3) is 5.91 Å². The van der Waals surface area contributed by atoms with Crippen LogP contribution < -0.4 is 11.1 Å². The third-order valence-electron chi connectivity index (χ3n) is 4.93. The number of carbonyl (C=O) groups excluding carboxylic acids is 1. The molecule has 1 heterocycles. The standard InChI is InChI=1S/C19H25ClN4O.ClH/c1-12(2)18-16(19(25)23-17-8-3-5-13(17)10-21)11-22-24(18)15-7-4-6-14(20)9-15;/h4,6-7,9,11-13,17H,3,5,8,10,21H2,1-2H3,(H,23,25);1H. The fourth-order valence-electron chi connectivity index (χ4n) is 3.66. The first-order chi connectivity index (χ1) is 12.0. The zero-order valence-corrected chi connectivity index (χ0v) is 16.7. The van der Waals surface area contributed by atoms with Crippen LogP contribution in [-0.4, -0.2) is 28.3 Å². The average molecular weight is 397 g/mol. The number of carbonyl (C=O) groups is 1. The topological polar surface area (TPSA) is 72.9 Å². The zero-order valence-electron chi connectivity index (χ0n) is 15.1. The predicted octanol–water partition coefficient (Wildman–Crippen LogP) is 3.93. The van der Waals surface area contributed by atoms with E-state index in [0.717, 1.165) is 30.6 Å². The summed E-state index contributed by atoms with van der Waals surface area (Å²) in [6.07, 6.45) is 4.84. The molecular formula is C19H26Cl2N4O. The number of aromatic nitrogens is 2. The number of amides is 1. The molecule has 142 valence electrons. The molecule has 1 aliphatic carbocycles. The van der Waals surface area contributed by atoms with E-state index in [-0.39, 0.29) is 30.3 Å². The molecule has 7 heteroatoms. The molecule has 26 heavy (non-hydrogen) atoms. The summed E-state index contributed by atoms with van der Waals surface area (Å²) in [6.45, 7) is 4.74. The van der Waals surface area contributed by atoms with Gasteiger partial charge in [-0.15, -0.1) is 12.4 Å². The van der Waals surface area contributed by atoms with Crippen LogP contribution in [0.4, 0.5) is 0 Å². The van der Waals surface area contributed by atoms with Crippen LogP contribution in [0.3, 0.4) is 0 Å². The minimum absolute atomic E-state index is 0. The van der Waals surface area contributed by atoms with E-state index in [9.17, 15) is 4.79 Å². The quantitative estimate of drug-likeness (QED) is 0.803. The Balaban J connectivity index is 0.00000243. The van der Waals surface area contributed by atoms with Gasteiger partial charge in [0.05, 0.1) is 23.1 Å². The molecule has 2 atom stereocenters. The third kappa shape index (κ3) is 4.22. The van der Waals surface area contributed by atoms with Crippen molar-refractivity contribution in [1.29, 1.82) is 0 Å². The molecule has 0 spiro atoms. The summed E-state index contributed by atoms with van der Waals surface area (Å²) < 4.78 is 1.81. The lowest BCUT2D eigenvalue weighted by Gasteiger charge is -2.20. The molecule has 2 unspecified atom stereocenters. The Labute approximate surface area is 165 Å². The molecule has 3 N–H and O–H groups in total. The Hall–Kier alpha value is -1.56. The molecule has 3 rings (SSSR count). The molecule has 0 radical (unpaired) electrons. The van der Waals surface area contributed by atoms with E-state index in [1.165, 1.54) is 0 Å². The summed E-state index contributed by atoms with van der Waals surface area (Å²) in [6, 6.07) is 7.65. The van der Waals surface area contributed by atoms with Gasteiger partial charge in [-0.3, -0.25) is 4.79 Å². The fourth-order valence-corrected chi connectivity index (χ4v) is 3.84. The summed E-state index contributed by atoms with van der Waals surface area (Å²) in [5.41, 5.74) is 8.20. The molecule has 1 aromatic heterocycles. The molecule has 1 saturated carbocycles. The zero-order chi connectivity index (χ0) is 18.0. The van der Waals surface area contributed by atoms with E-state index in [4.69, 9.17) is 17.3 Å². The van der Waals surface area contributed by atoms with Crippen LogP contribution in [0.2, 0.25) is 5.02 Å². The first-order valence-electron chi connectivity index (χ1n) is 8.86. The van der Waals surface area contributed by atoms with Crippen molar-refractivity contribution in [1.82, 2.24) is 15.1 Å². The van der Waals surface area contributed by atoms with Crippen molar-refractivity contribution in [2.75, 3.05) is 6.54 Å². The molecule has 0 bridgehead atoms. The Morgan fingerprint density at radius 3 is 2.85 bits per heavy atom. The molecule has 5 nitrogen and oxygen atoms in total. The lowest BCUT2D eigenvalue weighted by Crippen LogP contribution is -2.40. The third-order valence-corrected chi connectivity index (χ3v) is 5.16. The summed E-state index contributed by atoms with van der Waals surface area (Å²) in [4.78, 5) is 12.9. The molecule has 1 amide bonds. The maximum absolute atomic E-state index is 12.9. The second-order valence-electron chi connectivity index (χ2n) is 7.00. The normalized spacial score (nSPS) is 19.4. The largest absolute Gasteiger partial charge is 0.349 e. The van der Waals surface area contributed by atoms with Gasteiger partial charge in [0.1, 0.15) is 0 Å². The highest BCUT2D eigenvalue weighted by atomic mass is 35.5. The van der Waals surface area contributed by atoms with Crippen molar-refractivity contribution < 1.29 is 4.79 Å². The number of hydrogen-bond donors (Lipinski definition) is 2. The average Bonchev–Trinajstić information content (AvgIpc) is 3.21. The minimum Gasteiger partial charge on any atom is -0.349 e. The van der Waals surface area contributed by atoms with E-state index >= 15 is 0 Å². The monoisotopic (exact) mass is 396 g/mol. The highest BCUT2D eigenvalue weighted by Crippen LogP contribution is 2.27. The number of nitrogens with two attached hydrogens (primary N) is 1. The van der Waals surface area contributed by atoms with Crippen LogP contribution in [0.25, 0.3) is 5.69 Å². The summed E-state index contributed by atoms with van der Waals surface area (Å²) in [5.74, 6) is 0.452. The Bertz CT molecular complexity index is 760. The molecule has 1 fully saturated rings. The maximum atomic E-state index is 12.9. The van der Waals surface area contributed by atoms with Crippen LogP contribution in [0.5, 0.6) is 0 Å². The van der Waals surface area contributed by atoms with E-state index in [2.05, 4.69) is 24.3 Å². The van der Waals surface area contributed by atoms with Gasteiger partial charge in [0.15, 0.2) is 0 Å². The van der Waals surface area contributed by atoms with Crippen molar-refractivity contribution >= 4 is 29.9 Å². The van der Waals surface area contributed by atoms with Crippen molar-refractivity contribution in [3.63, 3.8) is 0 Å². The smallest absolute Gasteiger partial charge is 0.255 e. The first-order valence-corrected chi connectivity index (χ1v) is 9.23. The predicted molar refractivity (Wildman–Crippen MR) is 108 cm³/mol. The molecule has 0 aliphatic heterocycles. The van der Waals surface area contributed by atoms with E-state index in [0.29, 0.717) is 23.0 Å². The molecule has 1 aromatic carbocycles. The van der Waals surface area contributed by atoms with E-state index in [1.54, 1.807) is 10.9 Å². The number of hydrogen-bond acceptors (Lipinski definition) is 3. The lowest BCUT2D eigenvalue weighted by molar-refractivity contribution is 0.0927. The van der Waals surface area contributed by atoms with Gasteiger partial charge < -0.3 is 11.1 Å². The second-order valence-corrected chi connectivity index (χ2v) is 7.43. The lowest BCUT2D eigenvalue weighted by atomic mass is 10.0. The van der Waals surface area contributed by atoms with Crippen molar-refractivity contribution in [3.05, 3.63) is 46.7 Å². The van der Waals surface area contributed by atoms with Gasteiger partial charge >= 0.3 is 0 Å². The fraction of sp³-hybridized carbons (Fsp3) is 0.474. The van der Waals surface area contributed by atoms with Gasteiger partial charge in [-0.05, 0) is 49.4 Å². The van der Waals surface area contributed by atoms with E-state index < -0.39 is 0 Å². The van der Waals surface area contributed by atoms with Crippen LogP contribution in [0.1, 0.15) is 55.1 Å². The summed E-state index contributed by atoms with van der Waals surface area (Å²) in [7, 11) is 0. The molecular weight excluding hydrogens is 371 g/mol. The first kappa shape index (κ1) is 20.7. The highest BCUT2D eigenvalue weighted by Gasteiger charge is 2.29. The Kier molecular flexibility index (Phi) is 7.09. The number of nitrogens with one attached hydrogen (secondary N) is 1. The van der Waals surface area contributed by atoms with Gasteiger partial charge in [0, 0.05) is 11.1 Å². The highest BCUT2D eigenvalue weighted by molar-refractivity contribution is 6.30. The molecule has 2 aromatic rings. The van der Waals surface area contributed by atoms with Gasteiger partial charge in [0.2, 0.25) is 0 Å². The summed E-state index contributed by atoms with van der Waals surface area (Å²) in [5, 5.41) is 8.27. The Morgan fingerprint density at radius 1 is 1.42 bits per heavy atom. The number of rotatable bonds is 5. The second kappa shape index (κ2) is 8.89. The van der Waals surface area contributed by atoms with Crippen LogP contribution in [-0.2, 0) is 0 Å². The molecule has 1 aliphatic rings. The van der Waals surface area contributed by atoms with E-state index in [1.807, 2.05) is 24.3 Å². The van der Waals surface area contributed by atoms with Gasteiger partial charge in [-0.2, -0.15) is 5.10 Å².